The molecule has 0 aliphatic rings. The molecule has 0 aromatic carbocycles. The van der Waals surface area contributed by atoms with Crippen LogP contribution in [0.4, 0.5) is 0 Å². The minimum Gasteiger partial charge on any atom is -0.495 e. The number of ether oxygens (including phenoxy) is 1. The monoisotopic (exact) mass is 238 g/mol. The second kappa shape index (κ2) is 4.16. The summed E-state index contributed by atoms with van der Waals surface area (Å²) in [5.41, 5.74) is 1.81. The van der Waals surface area contributed by atoms with E-state index in [0.29, 0.717) is 10.6 Å². The van der Waals surface area contributed by atoms with Gasteiger partial charge in [0.05, 0.1) is 7.11 Å². The van der Waals surface area contributed by atoms with E-state index in [2.05, 4.69) is 0 Å². The molecule has 2 rings (SSSR count). The molecule has 15 heavy (non-hydrogen) atoms. The van der Waals surface area contributed by atoms with Crippen molar-refractivity contribution >= 4 is 28.5 Å². The number of carbonyl (C=O) groups is 1. The maximum Gasteiger partial charge on any atom is 0.207 e. The van der Waals surface area contributed by atoms with Gasteiger partial charge in [0.15, 0.2) is 0 Å². The molecule has 2 aromatic heterocycles. The number of methoxy groups -OCH3 is 1. The topological polar surface area (TPSA) is 26.3 Å². The van der Waals surface area contributed by atoms with Crippen LogP contribution in [0.3, 0.4) is 0 Å². The molecule has 0 radical (unpaired) electrons. The smallest absolute Gasteiger partial charge is 0.207 e. The molecule has 0 fully saturated rings. The quantitative estimate of drug-likeness (QED) is 0.766. The van der Waals surface area contributed by atoms with Gasteiger partial charge >= 0.3 is 0 Å². The summed E-state index contributed by atoms with van der Waals surface area (Å²) in [4.78, 5) is 12.8. The highest BCUT2D eigenvalue weighted by Crippen LogP contribution is 2.29. The zero-order valence-corrected chi connectivity index (χ0v) is 10.1. The molecule has 0 bridgehead atoms. The molecule has 0 spiro atoms. The molecule has 0 unspecified atom stereocenters. The van der Waals surface area contributed by atoms with Crippen LogP contribution in [0.15, 0.2) is 22.2 Å². The summed E-state index contributed by atoms with van der Waals surface area (Å²) in [6.45, 7) is 1.95. The lowest BCUT2D eigenvalue weighted by molar-refractivity contribution is 0.104. The first kappa shape index (κ1) is 10.4. The highest BCUT2D eigenvalue weighted by atomic mass is 32.1. The van der Waals surface area contributed by atoms with Crippen LogP contribution in [0.5, 0.6) is 5.75 Å². The van der Waals surface area contributed by atoms with E-state index < -0.39 is 0 Å². The minimum atomic E-state index is 0.0561. The normalized spacial score (nSPS) is 10.3. The van der Waals surface area contributed by atoms with Gasteiger partial charge in [-0.15, -0.1) is 11.3 Å². The number of thiophene rings is 2. The van der Waals surface area contributed by atoms with E-state index >= 15 is 0 Å². The predicted molar refractivity (Wildman–Crippen MR) is 63.4 cm³/mol. The lowest BCUT2D eigenvalue weighted by atomic mass is 10.1. The lowest BCUT2D eigenvalue weighted by Crippen LogP contribution is -2.00. The highest BCUT2D eigenvalue weighted by molar-refractivity contribution is 7.13. The van der Waals surface area contributed by atoms with Gasteiger partial charge < -0.3 is 4.74 Å². The maximum absolute atomic E-state index is 12.1. The third-order valence-corrected chi connectivity index (χ3v) is 3.91. The molecule has 0 amide bonds. The Labute approximate surface area is 96.1 Å². The van der Waals surface area contributed by atoms with Gasteiger partial charge in [-0.05, 0) is 29.3 Å². The van der Waals surface area contributed by atoms with Crippen LogP contribution < -0.4 is 4.74 Å². The van der Waals surface area contributed by atoms with Gasteiger partial charge in [0.2, 0.25) is 5.78 Å². The van der Waals surface area contributed by atoms with Crippen molar-refractivity contribution in [1.82, 2.24) is 0 Å². The van der Waals surface area contributed by atoms with Gasteiger partial charge in [0.25, 0.3) is 0 Å². The number of ketones is 1. The zero-order valence-electron chi connectivity index (χ0n) is 8.44. The minimum absolute atomic E-state index is 0.0561. The van der Waals surface area contributed by atoms with Gasteiger partial charge in [-0.25, -0.2) is 0 Å². The molecule has 0 N–H and O–H groups in total. The molecule has 2 nitrogen and oxygen atoms in total. The van der Waals surface area contributed by atoms with Crippen molar-refractivity contribution in [3.8, 4) is 5.75 Å². The third kappa shape index (κ3) is 1.82. The molecule has 4 heteroatoms. The molecular formula is C11H10O2S2. The molecule has 2 aromatic rings. The largest absolute Gasteiger partial charge is 0.495 e. The van der Waals surface area contributed by atoms with Crippen LogP contribution in [0.25, 0.3) is 0 Å². The van der Waals surface area contributed by atoms with Crippen molar-refractivity contribution < 1.29 is 9.53 Å². The van der Waals surface area contributed by atoms with Crippen molar-refractivity contribution in [2.75, 3.05) is 7.11 Å². The van der Waals surface area contributed by atoms with Crippen molar-refractivity contribution in [1.29, 1.82) is 0 Å². The van der Waals surface area contributed by atoms with Crippen LogP contribution in [-0.2, 0) is 0 Å². The number of hydrogen-bond acceptors (Lipinski definition) is 4. The first-order chi connectivity index (χ1) is 7.24. The van der Waals surface area contributed by atoms with E-state index in [1.54, 1.807) is 18.4 Å². The molecule has 0 aliphatic carbocycles. The highest BCUT2D eigenvalue weighted by Gasteiger charge is 2.17. The second-order valence-corrected chi connectivity index (χ2v) is 4.78. The average molecular weight is 238 g/mol. The maximum atomic E-state index is 12.1. The van der Waals surface area contributed by atoms with Crippen LogP contribution in [0, 0.1) is 6.92 Å². The van der Waals surface area contributed by atoms with E-state index in [4.69, 9.17) is 4.74 Å². The Bertz CT molecular complexity index is 482. The summed E-state index contributed by atoms with van der Waals surface area (Å²) in [5.74, 6) is 0.719. The first-order valence-corrected chi connectivity index (χ1v) is 6.25. The van der Waals surface area contributed by atoms with Crippen molar-refractivity contribution in [2.45, 2.75) is 6.92 Å². The number of hydrogen-bond donors (Lipinski definition) is 0. The molecule has 0 atom stereocenters. The predicted octanol–water partition coefficient (Wildman–Crippen LogP) is 3.36. The summed E-state index contributed by atoms with van der Waals surface area (Å²) in [7, 11) is 1.58. The fourth-order valence-corrected chi connectivity index (χ4v) is 2.98. The van der Waals surface area contributed by atoms with Crippen molar-refractivity contribution in [3.63, 3.8) is 0 Å². The molecule has 0 saturated carbocycles. The summed E-state index contributed by atoms with van der Waals surface area (Å²) in [5, 5.41) is 5.73. The van der Waals surface area contributed by atoms with E-state index in [1.807, 2.05) is 29.1 Å². The summed E-state index contributed by atoms with van der Waals surface area (Å²) < 4.78 is 5.14. The van der Waals surface area contributed by atoms with Crippen molar-refractivity contribution in [3.05, 3.63) is 38.2 Å². The van der Waals surface area contributed by atoms with Gasteiger partial charge in [-0.3, -0.25) is 4.79 Å². The molecule has 0 aliphatic heterocycles. The number of aryl methyl sites for hydroxylation is 1. The molecule has 78 valence electrons. The van der Waals surface area contributed by atoms with Gasteiger partial charge in [0.1, 0.15) is 10.6 Å². The Morgan fingerprint density at radius 2 is 2.20 bits per heavy atom. The fourth-order valence-electron chi connectivity index (χ4n) is 1.34. The number of rotatable bonds is 3. The van der Waals surface area contributed by atoms with E-state index in [0.717, 1.165) is 11.1 Å². The average Bonchev–Trinajstić information content (AvgIpc) is 2.84. The molecular weight excluding hydrogens is 228 g/mol. The van der Waals surface area contributed by atoms with Gasteiger partial charge in [-0.2, -0.15) is 11.3 Å². The first-order valence-electron chi connectivity index (χ1n) is 4.43. The zero-order chi connectivity index (χ0) is 10.8. The SMILES string of the molecule is COc1ccsc1C(=O)c1cscc1C. The Balaban J connectivity index is 2.41. The third-order valence-electron chi connectivity index (χ3n) is 2.16. The number of carbonyl (C=O) groups excluding carboxylic acids is 1. The second-order valence-electron chi connectivity index (χ2n) is 3.12. The lowest BCUT2D eigenvalue weighted by Gasteiger charge is -2.00. The summed E-state index contributed by atoms with van der Waals surface area (Å²) in [6, 6.07) is 1.82. The van der Waals surface area contributed by atoms with Crippen molar-refractivity contribution in [2.24, 2.45) is 0 Å². The standard InChI is InChI=1S/C11H10O2S2/c1-7-5-14-6-8(7)10(12)11-9(13-2)3-4-15-11/h3-6H,1-2H3. The van der Waals surface area contributed by atoms with E-state index in [1.165, 1.54) is 11.3 Å². The Morgan fingerprint density at radius 3 is 2.80 bits per heavy atom. The van der Waals surface area contributed by atoms with Gasteiger partial charge in [0, 0.05) is 10.9 Å². The van der Waals surface area contributed by atoms with E-state index in [-0.39, 0.29) is 5.78 Å². The van der Waals surface area contributed by atoms with Crippen LogP contribution >= 0.6 is 22.7 Å². The van der Waals surface area contributed by atoms with Crippen LogP contribution in [0.1, 0.15) is 20.8 Å². The Kier molecular flexibility index (Phi) is 2.88. The molecule has 0 saturated heterocycles. The summed E-state index contributed by atoms with van der Waals surface area (Å²) in [6.07, 6.45) is 0. The fraction of sp³-hybridized carbons (Fsp3) is 0.182. The molecule has 2 heterocycles. The van der Waals surface area contributed by atoms with Crippen LogP contribution in [-0.4, -0.2) is 12.9 Å². The Hall–Kier alpha value is -1.13. The summed E-state index contributed by atoms with van der Waals surface area (Å²) >= 11 is 2.97. The van der Waals surface area contributed by atoms with Gasteiger partial charge in [-0.1, -0.05) is 0 Å². The van der Waals surface area contributed by atoms with E-state index in [9.17, 15) is 4.79 Å². The van der Waals surface area contributed by atoms with Crippen LogP contribution in [0.2, 0.25) is 0 Å². The Morgan fingerprint density at radius 1 is 1.40 bits per heavy atom.